The van der Waals surface area contributed by atoms with Crippen molar-refractivity contribution in [2.45, 2.75) is 25.3 Å². The van der Waals surface area contributed by atoms with Crippen LogP contribution in [0.3, 0.4) is 0 Å². The number of hydrogen-bond acceptors (Lipinski definition) is 4. The predicted molar refractivity (Wildman–Crippen MR) is 103 cm³/mol. The van der Waals surface area contributed by atoms with Crippen molar-refractivity contribution in [3.05, 3.63) is 53.1 Å². The molecule has 0 bridgehead atoms. The molecule has 0 spiro atoms. The number of carbonyl (C=O) groups is 1. The van der Waals surface area contributed by atoms with E-state index in [1.165, 1.54) is 0 Å². The molecule has 5 nitrogen and oxygen atoms in total. The summed E-state index contributed by atoms with van der Waals surface area (Å²) >= 11 is 5.87. The van der Waals surface area contributed by atoms with Gasteiger partial charge in [-0.15, -0.1) is 0 Å². The lowest BCUT2D eigenvalue weighted by Gasteiger charge is -2.27. The molecule has 1 saturated heterocycles. The summed E-state index contributed by atoms with van der Waals surface area (Å²) < 4.78 is 16.9. The van der Waals surface area contributed by atoms with Crippen LogP contribution < -0.4 is 14.2 Å². The summed E-state index contributed by atoms with van der Waals surface area (Å²) in [5.41, 5.74) is 1.10. The molecule has 1 unspecified atom stereocenters. The number of halogens is 1. The number of fused-ring (bicyclic) bond motifs is 1. The van der Waals surface area contributed by atoms with E-state index < -0.39 is 0 Å². The predicted octanol–water partition coefficient (Wildman–Crippen LogP) is 4.24. The summed E-state index contributed by atoms with van der Waals surface area (Å²) in [7, 11) is 0. The van der Waals surface area contributed by atoms with Gasteiger partial charge in [-0.1, -0.05) is 17.7 Å². The van der Waals surface area contributed by atoms with E-state index in [-0.39, 0.29) is 11.9 Å². The number of benzene rings is 2. The smallest absolute Gasteiger partial charge is 0.226 e. The fourth-order valence-corrected chi connectivity index (χ4v) is 3.74. The lowest BCUT2D eigenvalue weighted by atomic mass is 10.0. The fourth-order valence-electron chi connectivity index (χ4n) is 3.61. The SMILES string of the molecule is O=C(CCOc1ccc(Cl)cc1)N1CCCC1c1ccc2c(c1)OCCO2. The number of ether oxygens (including phenoxy) is 3. The number of amides is 1. The highest BCUT2D eigenvalue weighted by molar-refractivity contribution is 6.30. The zero-order valence-electron chi connectivity index (χ0n) is 15.0. The van der Waals surface area contributed by atoms with Gasteiger partial charge in [-0.25, -0.2) is 0 Å². The van der Waals surface area contributed by atoms with Crippen LogP contribution in [0.2, 0.25) is 5.02 Å². The largest absolute Gasteiger partial charge is 0.493 e. The summed E-state index contributed by atoms with van der Waals surface area (Å²) in [5, 5.41) is 0.665. The summed E-state index contributed by atoms with van der Waals surface area (Å²) in [6, 6.07) is 13.2. The molecule has 0 aromatic heterocycles. The van der Waals surface area contributed by atoms with Gasteiger partial charge in [0.15, 0.2) is 11.5 Å². The van der Waals surface area contributed by atoms with E-state index in [0.717, 1.165) is 42.2 Å². The first-order chi connectivity index (χ1) is 13.2. The summed E-state index contributed by atoms with van der Waals surface area (Å²) in [4.78, 5) is 14.7. The highest BCUT2D eigenvalue weighted by atomic mass is 35.5. The highest BCUT2D eigenvalue weighted by Gasteiger charge is 2.30. The Hall–Kier alpha value is -2.40. The van der Waals surface area contributed by atoms with Gasteiger partial charge in [0.05, 0.1) is 19.1 Å². The number of likely N-dealkylation sites (tertiary alicyclic amines) is 1. The van der Waals surface area contributed by atoms with E-state index >= 15 is 0 Å². The Balaban J connectivity index is 1.37. The Bertz CT molecular complexity index is 808. The Labute approximate surface area is 163 Å². The molecule has 1 fully saturated rings. The van der Waals surface area contributed by atoms with E-state index in [0.29, 0.717) is 31.3 Å². The Morgan fingerprint density at radius 1 is 1.11 bits per heavy atom. The van der Waals surface area contributed by atoms with Gasteiger partial charge in [0.2, 0.25) is 5.91 Å². The first-order valence-corrected chi connectivity index (χ1v) is 9.66. The molecule has 2 aromatic rings. The van der Waals surface area contributed by atoms with Crippen LogP contribution in [0.5, 0.6) is 17.2 Å². The highest BCUT2D eigenvalue weighted by Crippen LogP contribution is 2.38. The van der Waals surface area contributed by atoms with Crippen LogP contribution in [0.1, 0.15) is 30.9 Å². The van der Waals surface area contributed by atoms with E-state index in [2.05, 4.69) is 0 Å². The van der Waals surface area contributed by atoms with Gasteiger partial charge in [0.25, 0.3) is 0 Å². The van der Waals surface area contributed by atoms with E-state index in [1.807, 2.05) is 23.1 Å². The normalized spacial score (nSPS) is 18.4. The molecule has 6 heteroatoms. The van der Waals surface area contributed by atoms with E-state index in [4.69, 9.17) is 25.8 Å². The number of hydrogen-bond donors (Lipinski definition) is 0. The minimum atomic E-state index is 0.0869. The fraction of sp³-hybridized carbons (Fsp3) is 0.381. The molecule has 2 aliphatic rings. The lowest BCUT2D eigenvalue weighted by Crippen LogP contribution is -2.31. The van der Waals surface area contributed by atoms with Gasteiger partial charge in [-0.3, -0.25) is 4.79 Å². The number of nitrogens with zero attached hydrogens (tertiary/aromatic N) is 1. The molecule has 1 amide bonds. The van der Waals surface area contributed by atoms with Crippen LogP contribution in [0.4, 0.5) is 0 Å². The molecule has 2 aliphatic heterocycles. The quantitative estimate of drug-likeness (QED) is 0.769. The zero-order chi connectivity index (χ0) is 18.6. The molecule has 1 atom stereocenters. The van der Waals surface area contributed by atoms with Crippen molar-refractivity contribution >= 4 is 17.5 Å². The monoisotopic (exact) mass is 387 g/mol. The van der Waals surface area contributed by atoms with Gasteiger partial charge in [-0.2, -0.15) is 0 Å². The molecule has 0 radical (unpaired) electrons. The molecule has 0 saturated carbocycles. The second-order valence-electron chi connectivity index (χ2n) is 6.70. The second-order valence-corrected chi connectivity index (χ2v) is 7.14. The van der Waals surface area contributed by atoms with Gasteiger partial charge >= 0.3 is 0 Å². The molecular formula is C21H22ClNO4. The second kappa shape index (κ2) is 8.09. The molecule has 27 heavy (non-hydrogen) atoms. The van der Waals surface area contributed by atoms with Gasteiger partial charge in [0.1, 0.15) is 19.0 Å². The molecule has 2 heterocycles. The molecule has 0 aliphatic carbocycles. The van der Waals surface area contributed by atoms with Gasteiger partial charge in [-0.05, 0) is 54.8 Å². The summed E-state index contributed by atoms with van der Waals surface area (Å²) in [6.07, 6.45) is 2.32. The average molecular weight is 388 g/mol. The van der Waals surface area contributed by atoms with Crippen molar-refractivity contribution < 1.29 is 19.0 Å². The first kappa shape index (κ1) is 18.0. The molecule has 0 N–H and O–H groups in total. The maximum absolute atomic E-state index is 12.7. The third kappa shape index (κ3) is 4.14. The first-order valence-electron chi connectivity index (χ1n) is 9.28. The van der Waals surface area contributed by atoms with Crippen LogP contribution in [0.15, 0.2) is 42.5 Å². The summed E-state index contributed by atoms with van der Waals surface area (Å²) in [5.74, 6) is 2.37. The molecular weight excluding hydrogens is 366 g/mol. The Morgan fingerprint density at radius 3 is 2.70 bits per heavy atom. The van der Waals surface area contributed by atoms with Gasteiger partial charge < -0.3 is 19.1 Å². The van der Waals surface area contributed by atoms with E-state index in [9.17, 15) is 4.79 Å². The average Bonchev–Trinajstić information content (AvgIpc) is 3.19. The van der Waals surface area contributed by atoms with Crippen molar-refractivity contribution in [3.63, 3.8) is 0 Å². The number of rotatable bonds is 5. The number of carbonyl (C=O) groups excluding carboxylic acids is 1. The maximum Gasteiger partial charge on any atom is 0.226 e. The van der Waals surface area contributed by atoms with Crippen molar-refractivity contribution in [2.24, 2.45) is 0 Å². The summed E-state index contributed by atoms with van der Waals surface area (Å²) in [6.45, 7) is 2.27. The third-order valence-electron chi connectivity index (χ3n) is 4.92. The van der Waals surface area contributed by atoms with Crippen LogP contribution in [0.25, 0.3) is 0 Å². The molecule has 2 aromatic carbocycles. The standard InChI is InChI=1S/C21H22ClNO4/c22-16-4-6-17(7-5-16)25-11-9-21(24)23-10-1-2-18(23)15-3-8-19-20(14-15)27-13-12-26-19/h3-8,14,18H,1-2,9-13H2. The Kier molecular flexibility index (Phi) is 5.39. The van der Waals surface area contributed by atoms with Gasteiger partial charge in [0, 0.05) is 11.6 Å². The van der Waals surface area contributed by atoms with Crippen molar-refractivity contribution in [3.8, 4) is 17.2 Å². The maximum atomic E-state index is 12.7. The van der Waals surface area contributed by atoms with Crippen LogP contribution in [-0.2, 0) is 4.79 Å². The topological polar surface area (TPSA) is 48.0 Å². The molecule has 4 rings (SSSR count). The van der Waals surface area contributed by atoms with E-state index in [1.54, 1.807) is 24.3 Å². The zero-order valence-corrected chi connectivity index (χ0v) is 15.8. The van der Waals surface area contributed by atoms with Crippen molar-refractivity contribution in [1.29, 1.82) is 0 Å². The van der Waals surface area contributed by atoms with Crippen molar-refractivity contribution in [2.75, 3.05) is 26.4 Å². The van der Waals surface area contributed by atoms with Crippen LogP contribution >= 0.6 is 11.6 Å². The minimum Gasteiger partial charge on any atom is -0.493 e. The van der Waals surface area contributed by atoms with Crippen LogP contribution in [0, 0.1) is 0 Å². The van der Waals surface area contributed by atoms with Crippen molar-refractivity contribution in [1.82, 2.24) is 4.90 Å². The lowest BCUT2D eigenvalue weighted by molar-refractivity contribution is -0.132. The minimum absolute atomic E-state index is 0.0869. The molecule has 142 valence electrons. The third-order valence-corrected chi connectivity index (χ3v) is 5.17. The Morgan fingerprint density at radius 2 is 1.89 bits per heavy atom. The van der Waals surface area contributed by atoms with Crippen LogP contribution in [-0.4, -0.2) is 37.2 Å².